The van der Waals surface area contributed by atoms with Gasteiger partial charge in [0.05, 0.1) is 19.1 Å². The first-order valence-electron chi connectivity index (χ1n) is 11.0. The number of benzene rings is 3. The summed E-state index contributed by atoms with van der Waals surface area (Å²) >= 11 is 0. The molecule has 1 amide bonds. The molecule has 0 saturated carbocycles. The molecule has 3 aromatic rings. The largest absolute Gasteiger partial charge is 0.497 e. The van der Waals surface area contributed by atoms with Crippen LogP contribution in [0.25, 0.3) is 0 Å². The predicted octanol–water partition coefficient (Wildman–Crippen LogP) is 3.44. The van der Waals surface area contributed by atoms with Crippen LogP contribution in [-0.2, 0) is 34.3 Å². The van der Waals surface area contributed by atoms with Gasteiger partial charge in [0.25, 0.3) is 0 Å². The van der Waals surface area contributed by atoms with Crippen LogP contribution in [0.15, 0.2) is 71.6 Å². The molecule has 1 heterocycles. The van der Waals surface area contributed by atoms with Crippen molar-refractivity contribution in [1.82, 2.24) is 9.62 Å². The van der Waals surface area contributed by atoms with E-state index in [0.29, 0.717) is 17.9 Å². The van der Waals surface area contributed by atoms with Crippen LogP contribution in [0.5, 0.6) is 11.5 Å². The maximum absolute atomic E-state index is 13.6. The Kier molecular flexibility index (Phi) is 6.90. The molecule has 4 rings (SSSR count). The van der Waals surface area contributed by atoms with Crippen molar-refractivity contribution in [1.29, 1.82) is 0 Å². The van der Waals surface area contributed by atoms with E-state index in [2.05, 4.69) is 5.32 Å². The molecule has 7 nitrogen and oxygen atoms in total. The molecule has 34 heavy (non-hydrogen) atoms. The van der Waals surface area contributed by atoms with E-state index >= 15 is 0 Å². The molecular formula is C26H28N2O5S. The Bertz CT molecular complexity index is 1310. The second kappa shape index (κ2) is 9.87. The smallest absolute Gasteiger partial charge is 0.244 e. The van der Waals surface area contributed by atoms with Gasteiger partial charge in [0.2, 0.25) is 15.9 Å². The van der Waals surface area contributed by atoms with Gasteiger partial charge in [0.1, 0.15) is 17.5 Å². The van der Waals surface area contributed by atoms with E-state index in [9.17, 15) is 13.2 Å². The molecule has 0 aliphatic carbocycles. The van der Waals surface area contributed by atoms with E-state index in [0.717, 1.165) is 22.3 Å². The minimum atomic E-state index is -3.90. The third-order valence-corrected chi connectivity index (χ3v) is 7.90. The lowest BCUT2D eigenvalue weighted by Gasteiger charge is -2.35. The highest BCUT2D eigenvalue weighted by Crippen LogP contribution is 2.30. The van der Waals surface area contributed by atoms with Crippen LogP contribution in [0.2, 0.25) is 0 Å². The molecule has 1 N–H and O–H groups in total. The summed E-state index contributed by atoms with van der Waals surface area (Å²) in [6, 6.07) is 18.8. The summed E-state index contributed by atoms with van der Waals surface area (Å²) in [4.78, 5) is 13.6. The highest BCUT2D eigenvalue weighted by molar-refractivity contribution is 7.89. The van der Waals surface area contributed by atoms with Crippen molar-refractivity contribution >= 4 is 15.9 Å². The minimum Gasteiger partial charge on any atom is -0.497 e. The van der Waals surface area contributed by atoms with Gasteiger partial charge in [-0.15, -0.1) is 0 Å². The van der Waals surface area contributed by atoms with Gasteiger partial charge in [-0.1, -0.05) is 36.4 Å². The minimum absolute atomic E-state index is 0.132. The second-order valence-corrected chi connectivity index (χ2v) is 10.1. The molecule has 0 saturated heterocycles. The number of ether oxygens (including phenoxy) is 2. The number of hydrogen-bond acceptors (Lipinski definition) is 5. The van der Waals surface area contributed by atoms with Gasteiger partial charge in [0.15, 0.2) is 0 Å². The SMILES string of the molecule is COc1ccc(OC)c(CNC(=O)C2Cc3ccccc3CN2S(=O)(=O)c2cccc(C)c2)c1. The van der Waals surface area contributed by atoms with Crippen molar-refractivity contribution in [3.05, 3.63) is 89.0 Å². The standard InChI is InChI=1S/C26H28N2O5S/c1-18-7-6-10-23(13-18)34(30,31)28-17-20-9-5-4-8-19(20)15-24(28)26(29)27-16-21-14-22(32-2)11-12-25(21)33-3/h4-14,24H,15-17H2,1-3H3,(H,27,29). The van der Waals surface area contributed by atoms with Crippen LogP contribution in [0.3, 0.4) is 0 Å². The Balaban J connectivity index is 1.64. The lowest BCUT2D eigenvalue weighted by Crippen LogP contribution is -2.52. The van der Waals surface area contributed by atoms with Crippen molar-refractivity contribution in [2.24, 2.45) is 0 Å². The first kappa shape index (κ1) is 23.8. The molecule has 0 bridgehead atoms. The summed E-state index contributed by atoms with van der Waals surface area (Å²) in [6.07, 6.45) is 0.294. The number of amides is 1. The molecule has 178 valence electrons. The Morgan fingerprint density at radius 1 is 1.00 bits per heavy atom. The summed E-state index contributed by atoms with van der Waals surface area (Å²) in [5, 5.41) is 2.91. The fourth-order valence-electron chi connectivity index (χ4n) is 4.21. The van der Waals surface area contributed by atoms with Gasteiger partial charge in [-0.3, -0.25) is 4.79 Å². The lowest BCUT2D eigenvalue weighted by molar-refractivity contribution is -0.125. The first-order valence-corrected chi connectivity index (χ1v) is 12.4. The summed E-state index contributed by atoms with van der Waals surface area (Å²) < 4.78 is 39.3. The van der Waals surface area contributed by atoms with E-state index in [4.69, 9.17) is 9.47 Å². The van der Waals surface area contributed by atoms with E-state index in [1.165, 1.54) is 4.31 Å². The highest BCUT2D eigenvalue weighted by Gasteiger charge is 2.39. The quantitative estimate of drug-likeness (QED) is 0.560. The second-order valence-electron chi connectivity index (χ2n) is 8.25. The van der Waals surface area contributed by atoms with Crippen molar-refractivity contribution in [2.75, 3.05) is 14.2 Å². The maximum Gasteiger partial charge on any atom is 0.244 e. The number of carbonyl (C=O) groups excluding carboxylic acids is 1. The van der Waals surface area contributed by atoms with E-state index in [1.54, 1.807) is 50.6 Å². The number of nitrogens with zero attached hydrogens (tertiary/aromatic N) is 1. The van der Waals surface area contributed by atoms with Crippen LogP contribution in [0, 0.1) is 6.92 Å². The Labute approximate surface area is 200 Å². The molecule has 3 aromatic carbocycles. The number of aryl methyl sites for hydroxylation is 1. The predicted molar refractivity (Wildman–Crippen MR) is 129 cm³/mol. The summed E-state index contributed by atoms with van der Waals surface area (Å²) in [5.74, 6) is 0.884. The molecular weight excluding hydrogens is 452 g/mol. The molecule has 1 unspecified atom stereocenters. The van der Waals surface area contributed by atoms with Crippen molar-refractivity contribution in [3.63, 3.8) is 0 Å². The fraction of sp³-hybridized carbons (Fsp3) is 0.269. The van der Waals surface area contributed by atoms with Gasteiger partial charge >= 0.3 is 0 Å². The third-order valence-electron chi connectivity index (χ3n) is 6.04. The van der Waals surface area contributed by atoms with Gasteiger partial charge in [-0.05, 0) is 60.4 Å². The summed E-state index contributed by atoms with van der Waals surface area (Å²) in [6.45, 7) is 2.15. The molecule has 1 aliphatic rings. The van der Waals surface area contributed by atoms with Crippen LogP contribution in [-0.4, -0.2) is 38.9 Å². The molecule has 1 aliphatic heterocycles. The molecule has 0 aromatic heterocycles. The van der Waals surface area contributed by atoms with Gasteiger partial charge in [0, 0.05) is 18.7 Å². The Morgan fingerprint density at radius 2 is 1.76 bits per heavy atom. The zero-order valence-electron chi connectivity index (χ0n) is 19.4. The summed E-state index contributed by atoms with van der Waals surface area (Å²) in [7, 11) is -0.776. The summed E-state index contributed by atoms with van der Waals surface area (Å²) in [5.41, 5.74) is 3.44. The lowest BCUT2D eigenvalue weighted by atomic mass is 9.95. The van der Waals surface area contributed by atoms with Gasteiger partial charge < -0.3 is 14.8 Å². The molecule has 8 heteroatoms. The Hall–Kier alpha value is -3.36. The van der Waals surface area contributed by atoms with Crippen molar-refractivity contribution in [2.45, 2.75) is 37.4 Å². The topological polar surface area (TPSA) is 84.9 Å². The van der Waals surface area contributed by atoms with Gasteiger partial charge in [-0.25, -0.2) is 8.42 Å². The highest BCUT2D eigenvalue weighted by atomic mass is 32.2. The van der Waals surface area contributed by atoms with Crippen LogP contribution in [0.1, 0.15) is 22.3 Å². The van der Waals surface area contributed by atoms with Crippen LogP contribution < -0.4 is 14.8 Å². The average Bonchev–Trinajstić information content (AvgIpc) is 2.86. The van der Waals surface area contributed by atoms with E-state index in [1.807, 2.05) is 37.3 Å². The average molecular weight is 481 g/mol. The van der Waals surface area contributed by atoms with Crippen molar-refractivity contribution in [3.8, 4) is 11.5 Å². The first-order chi connectivity index (χ1) is 16.3. The number of carbonyl (C=O) groups is 1. The zero-order chi connectivity index (χ0) is 24.3. The number of fused-ring (bicyclic) bond motifs is 1. The van der Waals surface area contributed by atoms with E-state index in [-0.39, 0.29) is 23.9 Å². The van der Waals surface area contributed by atoms with Crippen LogP contribution in [0.4, 0.5) is 0 Å². The fourth-order valence-corrected chi connectivity index (χ4v) is 5.88. The number of methoxy groups -OCH3 is 2. The van der Waals surface area contributed by atoms with Crippen LogP contribution >= 0.6 is 0 Å². The van der Waals surface area contributed by atoms with Gasteiger partial charge in [-0.2, -0.15) is 4.31 Å². The Morgan fingerprint density at radius 3 is 2.47 bits per heavy atom. The monoisotopic (exact) mass is 480 g/mol. The number of hydrogen-bond donors (Lipinski definition) is 1. The van der Waals surface area contributed by atoms with E-state index < -0.39 is 16.1 Å². The number of nitrogens with one attached hydrogen (secondary N) is 1. The van der Waals surface area contributed by atoms with Crippen molar-refractivity contribution < 1.29 is 22.7 Å². The maximum atomic E-state index is 13.6. The third kappa shape index (κ3) is 4.78. The molecule has 1 atom stereocenters. The molecule has 0 fully saturated rings. The number of sulfonamides is 1. The molecule has 0 spiro atoms. The molecule has 0 radical (unpaired) electrons. The number of rotatable bonds is 7. The normalized spacial score (nSPS) is 15.9. The zero-order valence-corrected chi connectivity index (χ0v) is 20.3.